The molecule has 132 valence electrons. The Morgan fingerprint density at radius 2 is 2.16 bits per heavy atom. The largest absolute Gasteiger partial charge is 0.497 e. The van der Waals surface area contributed by atoms with Crippen molar-refractivity contribution in [3.8, 4) is 5.75 Å². The molecule has 0 aliphatic heterocycles. The average Bonchev–Trinajstić information content (AvgIpc) is 3.17. The fraction of sp³-hybridized carbons (Fsp3) is 0.333. The van der Waals surface area contributed by atoms with Crippen molar-refractivity contribution < 1.29 is 18.7 Å². The summed E-state index contributed by atoms with van der Waals surface area (Å²) < 4.78 is 17.9. The molecule has 0 saturated carbocycles. The molecule has 0 fully saturated rings. The summed E-state index contributed by atoms with van der Waals surface area (Å²) in [7, 11) is 5.00. The van der Waals surface area contributed by atoms with Crippen LogP contribution < -0.4 is 10.1 Å². The maximum absolute atomic E-state index is 12.8. The molecule has 0 spiro atoms. The van der Waals surface area contributed by atoms with Gasteiger partial charge in [0.15, 0.2) is 5.76 Å². The number of ether oxygens (including phenoxy) is 2. The van der Waals surface area contributed by atoms with E-state index in [2.05, 4.69) is 10.4 Å². The number of rotatable bonds is 6. The highest BCUT2D eigenvalue weighted by molar-refractivity contribution is 5.99. The van der Waals surface area contributed by atoms with E-state index in [4.69, 9.17) is 13.9 Å². The van der Waals surface area contributed by atoms with E-state index in [9.17, 15) is 4.79 Å². The number of nitrogens with one attached hydrogen (secondary N) is 1. The second kappa shape index (κ2) is 6.98. The van der Waals surface area contributed by atoms with Crippen molar-refractivity contribution in [1.82, 2.24) is 15.1 Å². The van der Waals surface area contributed by atoms with Crippen molar-refractivity contribution in [2.75, 3.05) is 20.8 Å². The highest BCUT2D eigenvalue weighted by Gasteiger charge is 2.23. The molecule has 3 aromatic rings. The zero-order chi connectivity index (χ0) is 18.0. The summed E-state index contributed by atoms with van der Waals surface area (Å²) in [6.45, 7) is 2.20. The molecule has 0 aliphatic carbocycles. The third-order valence-electron chi connectivity index (χ3n) is 4.21. The number of hydrogen-bond donors (Lipinski definition) is 1. The Balaban J connectivity index is 1.90. The molecule has 0 radical (unpaired) electrons. The normalized spacial score (nSPS) is 12.3. The van der Waals surface area contributed by atoms with Crippen LogP contribution in [-0.4, -0.2) is 36.5 Å². The molecular weight excluding hydrogens is 322 g/mol. The number of benzene rings is 1. The van der Waals surface area contributed by atoms with E-state index in [0.717, 1.165) is 16.6 Å². The summed E-state index contributed by atoms with van der Waals surface area (Å²) in [6, 6.07) is 7.02. The summed E-state index contributed by atoms with van der Waals surface area (Å²) in [5.41, 5.74) is 2.26. The van der Waals surface area contributed by atoms with Crippen molar-refractivity contribution in [3.05, 3.63) is 47.5 Å². The van der Waals surface area contributed by atoms with Gasteiger partial charge in [0.05, 0.1) is 25.5 Å². The minimum atomic E-state index is -0.327. The third-order valence-corrected chi connectivity index (χ3v) is 4.21. The van der Waals surface area contributed by atoms with Gasteiger partial charge in [0, 0.05) is 37.4 Å². The van der Waals surface area contributed by atoms with E-state index in [1.165, 1.54) is 0 Å². The van der Waals surface area contributed by atoms with E-state index in [0.29, 0.717) is 17.9 Å². The molecule has 25 heavy (non-hydrogen) atoms. The predicted octanol–water partition coefficient (Wildman–Crippen LogP) is 2.60. The summed E-state index contributed by atoms with van der Waals surface area (Å²) in [5, 5.41) is 7.99. The summed E-state index contributed by atoms with van der Waals surface area (Å²) >= 11 is 0. The molecule has 7 heteroatoms. The SMILES string of the molecule is COC[C@H](NC(=O)c1oc2cc(OC)ccc2c1C)c1ccnn1C. The van der Waals surface area contributed by atoms with Gasteiger partial charge in [-0.3, -0.25) is 9.48 Å². The number of methoxy groups -OCH3 is 2. The van der Waals surface area contributed by atoms with Crippen LogP contribution in [0.3, 0.4) is 0 Å². The highest BCUT2D eigenvalue weighted by Crippen LogP contribution is 2.29. The standard InChI is InChI=1S/C18H21N3O4/c1-11-13-6-5-12(24-4)9-16(13)25-17(11)18(22)20-14(10-23-3)15-7-8-19-21(15)2/h5-9,14H,10H2,1-4H3,(H,20,22)/t14-/m0/s1. The minimum Gasteiger partial charge on any atom is -0.497 e. The van der Waals surface area contributed by atoms with Gasteiger partial charge in [-0.2, -0.15) is 5.10 Å². The van der Waals surface area contributed by atoms with Crippen LogP contribution in [0.5, 0.6) is 5.75 Å². The number of amides is 1. The van der Waals surface area contributed by atoms with E-state index < -0.39 is 0 Å². The Bertz CT molecular complexity index is 897. The van der Waals surface area contributed by atoms with Gasteiger partial charge in [0.25, 0.3) is 5.91 Å². The van der Waals surface area contributed by atoms with Gasteiger partial charge in [-0.05, 0) is 25.1 Å². The number of aryl methyl sites for hydroxylation is 2. The lowest BCUT2D eigenvalue weighted by Crippen LogP contribution is -2.32. The van der Waals surface area contributed by atoms with E-state index in [-0.39, 0.29) is 17.7 Å². The molecule has 0 bridgehead atoms. The average molecular weight is 343 g/mol. The molecule has 7 nitrogen and oxygen atoms in total. The first-order chi connectivity index (χ1) is 12.0. The zero-order valence-electron chi connectivity index (χ0n) is 14.7. The Labute approximate surface area is 145 Å². The number of fused-ring (bicyclic) bond motifs is 1. The predicted molar refractivity (Wildman–Crippen MR) is 92.8 cm³/mol. The number of nitrogens with zero attached hydrogens (tertiary/aromatic N) is 2. The quantitative estimate of drug-likeness (QED) is 0.744. The van der Waals surface area contributed by atoms with Crippen LogP contribution in [0.1, 0.15) is 27.9 Å². The molecule has 0 unspecified atom stereocenters. The minimum absolute atomic E-state index is 0.284. The number of hydrogen-bond acceptors (Lipinski definition) is 5. The molecule has 0 aliphatic rings. The monoisotopic (exact) mass is 343 g/mol. The lowest BCUT2D eigenvalue weighted by molar-refractivity contribution is 0.0866. The number of furan rings is 1. The molecule has 0 saturated heterocycles. The van der Waals surface area contributed by atoms with Gasteiger partial charge in [-0.15, -0.1) is 0 Å². The first kappa shape index (κ1) is 17.0. The van der Waals surface area contributed by atoms with Crippen LogP contribution in [0.15, 0.2) is 34.9 Å². The van der Waals surface area contributed by atoms with Crippen molar-refractivity contribution in [2.24, 2.45) is 7.05 Å². The highest BCUT2D eigenvalue weighted by atomic mass is 16.5. The van der Waals surface area contributed by atoms with Crippen LogP contribution in [0.25, 0.3) is 11.0 Å². The summed E-state index contributed by atoms with van der Waals surface area (Å²) in [4.78, 5) is 12.8. The van der Waals surface area contributed by atoms with Crippen molar-refractivity contribution >= 4 is 16.9 Å². The lowest BCUT2D eigenvalue weighted by atomic mass is 10.1. The van der Waals surface area contributed by atoms with Gasteiger partial charge in [-0.25, -0.2) is 0 Å². The van der Waals surface area contributed by atoms with Crippen LogP contribution in [0, 0.1) is 6.92 Å². The molecule has 3 rings (SSSR count). The molecule has 2 heterocycles. The third kappa shape index (κ3) is 3.23. The van der Waals surface area contributed by atoms with Gasteiger partial charge in [0.2, 0.25) is 0 Å². The van der Waals surface area contributed by atoms with Gasteiger partial charge < -0.3 is 19.2 Å². The second-order valence-corrected chi connectivity index (χ2v) is 5.78. The van der Waals surface area contributed by atoms with Crippen molar-refractivity contribution in [1.29, 1.82) is 0 Å². The number of aromatic nitrogens is 2. The first-order valence-corrected chi connectivity index (χ1v) is 7.90. The summed E-state index contributed by atoms with van der Waals surface area (Å²) in [5.74, 6) is 0.669. The van der Waals surface area contributed by atoms with E-state index >= 15 is 0 Å². The van der Waals surface area contributed by atoms with E-state index in [1.54, 1.807) is 31.2 Å². The topological polar surface area (TPSA) is 78.5 Å². The lowest BCUT2D eigenvalue weighted by Gasteiger charge is -2.17. The fourth-order valence-corrected chi connectivity index (χ4v) is 2.87. The van der Waals surface area contributed by atoms with Crippen LogP contribution in [0.4, 0.5) is 0 Å². The van der Waals surface area contributed by atoms with Gasteiger partial charge in [0.1, 0.15) is 11.3 Å². The maximum atomic E-state index is 12.8. The van der Waals surface area contributed by atoms with Crippen LogP contribution in [0.2, 0.25) is 0 Å². The molecular formula is C18H21N3O4. The zero-order valence-corrected chi connectivity index (χ0v) is 14.7. The molecule has 2 aromatic heterocycles. The van der Waals surface area contributed by atoms with Gasteiger partial charge >= 0.3 is 0 Å². The Kier molecular flexibility index (Phi) is 4.76. The molecule has 1 amide bonds. The maximum Gasteiger partial charge on any atom is 0.287 e. The van der Waals surface area contributed by atoms with Crippen molar-refractivity contribution in [2.45, 2.75) is 13.0 Å². The smallest absolute Gasteiger partial charge is 0.287 e. The molecule has 1 N–H and O–H groups in total. The first-order valence-electron chi connectivity index (χ1n) is 7.90. The van der Waals surface area contributed by atoms with Crippen molar-refractivity contribution in [3.63, 3.8) is 0 Å². The van der Waals surface area contributed by atoms with Crippen LogP contribution in [-0.2, 0) is 11.8 Å². The number of carbonyl (C=O) groups is 1. The Morgan fingerprint density at radius 3 is 2.80 bits per heavy atom. The Morgan fingerprint density at radius 1 is 1.36 bits per heavy atom. The number of carbonyl (C=O) groups excluding carboxylic acids is 1. The van der Waals surface area contributed by atoms with E-state index in [1.807, 2.05) is 32.2 Å². The molecule has 1 aromatic carbocycles. The fourth-order valence-electron chi connectivity index (χ4n) is 2.87. The molecule has 1 atom stereocenters. The second-order valence-electron chi connectivity index (χ2n) is 5.78. The van der Waals surface area contributed by atoms with Crippen LogP contribution >= 0.6 is 0 Å². The van der Waals surface area contributed by atoms with Gasteiger partial charge in [-0.1, -0.05) is 0 Å². The summed E-state index contributed by atoms with van der Waals surface area (Å²) in [6.07, 6.45) is 1.68. The Hall–Kier alpha value is -2.80.